The zero-order chi connectivity index (χ0) is 13.8. The number of halogens is 1. The molecule has 4 nitrogen and oxygen atoms in total. The molecule has 2 rings (SSSR count). The highest BCUT2D eigenvalue weighted by Gasteiger charge is 2.17. The van der Waals surface area contributed by atoms with Crippen LogP contribution in [0.4, 0.5) is 0 Å². The summed E-state index contributed by atoms with van der Waals surface area (Å²) in [6, 6.07) is 12.3. The maximum absolute atomic E-state index is 12.1. The molecule has 0 aromatic heterocycles. The Bertz CT molecular complexity index is 627. The Morgan fingerprint density at radius 2 is 1.80 bits per heavy atom. The number of fused-ring (bicyclic) bond motifs is 1. The quantitative estimate of drug-likeness (QED) is 0.694. The minimum absolute atomic E-state index is 0. The predicted molar refractivity (Wildman–Crippen MR) is 80.1 cm³/mol. The lowest BCUT2D eigenvalue weighted by Crippen LogP contribution is -2.35. The second kappa shape index (κ2) is 7.03. The van der Waals surface area contributed by atoms with Crippen LogP contribution in [0.1, 0.15) is 17.3 Å². The van der Waals surface area contributed by atoms with E-state index in [9.17, 15) is 9.59 Å². The zero-order valence-electron chi connectivity index (χ0n) is 11.0. The van der Waals surface area contributed by atoms with Crippen LogP contribution in [0.5, 0.6) is 0 Å². The van der Waals surface area contributed by atoms with E-state index >= 15 is 0 Å². The van der Waals surface area contributed by atoms with E-state index in [-0.39, 0.29) is 24.8 Å². The van der Waals surface area contributed by atoms with Gasteiger partial charge in [0.25, 0.3) is 0 Å². The number of hydrogen-bond donors (Lipinski definition) is 1. The van der Waals surface area contributed by atoms with Crippen molar-refractivity contribution in [3.63, 3.8) is 0 Å². The molecule has 106 valence electrons. The molecule has 0 aliphatic carbocycles. The van der Waals surface area contributed by atoms with Gasteiger partial charge >= 0.3 is 5.97 Å². The summed E-state index contributed by atoms with van der Waals surface area (Å²) >= 11 is 0. The summed E-state index contributed by atoms with van der Waals surface area (Å²) in [5, 5.41) is 2.04. The first-order valence-corrected chi connectivity index (χ1v) is 6.00. The van der Waals surface area contributed by atoms with Gasteiger partial charge in [-0.1, -0.05) is 36.4 Å². The monoisotopic (exact) mass is 293 g/mol. The van der Waals surface area contributed by atoms with Crippen molar-refractivity contribution in [1.29, 1.82) is 0 Å². The number of benzene rings is 2. The van der Waals surface area contributed by atoms with E-state index < -0.39 is 12.0 Å². The molecule has 0 spiro atoms. The number of carbonyl (C=O) groups excluding carboxylic acids is 2. The van der Waals surface area contributed by atoms with Crippen LogP contribution < -0.4 is 5.73 Å². The molecule has 0 fully saturated rings. The highest BCUT2D eigenvalue weighted by Crippen LogP contribution is 2.16. The first kappa shape index (κ1) is 16.1. The van der Waals surface area contributed by atoms with Gasteiger partial charge in [-0.2, -0.15) is 0 Å². The van der Waals surface area contributed by atoms with Crippen LogP contribution in [-0.2, 0) is 9.53 Å². The highest BCUT2D eigenvalue weighted by molar-refractivity contribution is 6.03. The highest BCUT2D eigenvalue weighted by atomic mass is 35.5. The van der Waals surface area contributed by atoms with Gasteiger partial charge in [0.1, 0.15) is 12.6 Å². The van der Waals surface area contributed by atoms with Gasteiger partial charge in [0.15, 0.2) is 5.78 Å². The average molecular weight is 294 g/mol. The molecule has 2 aromatic carbocycles. The fraction of sp³-hybridized carbons (Fsp3) is 0.200. The van der Waals surface area contributed by atoms with Gasteiger partial charge in [0.2, 0.25) is 0 Å². The third-order valence-corrected chi connectivity index (χ3v) is 2.84. The van der Waals surface area contributed by atoms with Crippen LogP contribution in [0, 0.1) is 0 Å². The van der Waals surface area contributed by atoms with Crippen molar-refractivity contribution in [2.24, 2.45) is 5.73 Å². The van der Waals surface area contributed by atoms with E-state index in [1.165, 1.54) is 6.92 Å². The Balaban J connectivity index is 0.00000200. The van der Waals surface area contributed by atoms with Crippen molar-refractivity contribution in [3.8, 4) is 0 Å². The van der Waals surface area contributed by atoms with Crippen molar-refractivity contribution in [2.45, 2.75) is 13.0 Å². The Kier molecular flexibility index (Phi) is 5.67. The molecule has 20 heavy (non-hydrogen) atoms. The third-order valence-electron chi connectivity index (χ3n) is 2.84. The van der Waals surface area contributed by atoms with Crippen molar-refractivity contribution in [1.82, 2.24) is 0 Å². The summed E-state index contributed by atoms with van der Waals surface area (Å²) in [5.41, 5.74) is 6.24. The molecule has 5 heteroatoms. The summed E-state index contributed by atoms with van der Waals surface area (Å²) in [6.07, 6.45) is 0. The second-order valence-electron chi connectivity index (χ2n) is 4.34. The van der Waals surface area contributed by atoms with E-state index in [0.717, 1.165) is 10.8 Å². The number of carbonyl (C=O) groups is 2. The summed E-state index contributed by atoms with van der Waals surface area (Å²) in [4.78, 5) is 22.8. The van der Waals surface area contributed by atoms with Gasteiger partial charge in [-0.3, -0.25) is 9.59 Å². The third kappa shape index (κ3) is 3.79. The molecule has 0 saturated carbocycles. The van der Waals surface area contributed by atoms with Crippen molar-refractivity contribution in [3.05, 3.63) is 48.0 Å². The van der Waals surface area contributed by atoms with Crippen LogP contribution in [0.2, 0.25) is 0 Å². The normalized spacial score (nSPS) is 11.5. The van der Waals surface area contributed by atoms with Crippen LogP contribution in [0.15, 0.2) is 42.5 Å². The largest absolute Gasteiger partial charge is 0.464 e. The lowest BCUT2D eigenvalue weighted by Gasteiger charge is -2.11. The molecule has 0 aliphatic rings. The number of ketones is 1. The molecule has 2 aromatic rings. The molecule has 0 saturated heterocycles. The van der Waals surface area contributed by atoms with Gasteiger partial charge < -0.3 is 10.5 Å². The summed E-state index contributed by atoms with van der Waals surface area (Å²) in [5.74, 6) is -0.672. The molecule has 0 amide bonds. The smallest absolute Gasteiger partial charge is 0.302 e. The Hall–Kier alpha value is -1.91. The van der Waals surface area contributed by atoms with Gasteiger partial charge in [-0.25, -0.2) is 0 Å². The maximum Gasteiger partial charge on any atom is 0.302 e. The van der Waals surface area contributed by atoms with Crippen LogP contribution in [0.3, 0.4) is 0 Å². The fourth-order valence-corrected chi connectivity index (χ4v) is 1.84. The number of hydrogen-bond acceptors (Lipinski definition) is 4. The van der Waals surface area contributed by atoms with Crippen LogP contribution >= 0.6 is 12.4 Å². The van der Waals surface area contributed by atoms with Gasteiger partial charge in [0, 0.05) is 12.5 Å². The zero-order valence-corrected chi connectivity index (χ0v) is 11.9. The molecule has 0 unspecified atom stereocenters. The standard InChI is InChI=1S/C15H15NO3.ClH/c1-10(17)19-9-14(16)15(18)13-7-6-11-4-2-3-5-12(11)8-13;/h2-8,14H,9,16H2,1H3;1H/t14-;/m1./s1. The number of rotatable bonds is 4. The molecule has 0 heterocycles. The maximum atomic E-state index is 12.1. The number of ether oxygens (including phenoxy) is 1. The minimum atomic E-state index is -0.829. The van der Waals surface area contributed by atoms with Crippen molar-refractivity contribution >= 4 is 34.9 Å². The van der Waals surface area contributed by atoms with Crippen molar-refractivity contribution in [2.75, 3.05) is 6.61 Å². The fourth-order valence-electron chi connectivity index (χ4n) is 1.84. The summed E-state index contributed by atoms with van der Waals surface area (Å²) in [7, 11) is 0. The van der Waals surface area contributed by atoms with Gasteiger partial charge in [0.05, 0.1) is 0 Å². The lowest BCUT2D eigenvalue weighted by atomic mass is 10.0. The number of nitrogens with two attached hydrogens (primary N) is 1. The summed E-state index contributed by atoms with van der Waals surface area (Å²) < 4.78 is 4.75. The van der Waals surface area contributed by atoms with E-state index in [4.69, 9.17) is 10.5 Å². The van der Waals surface area contributed by atoms with Crippen LogP contribution in [0.25, 0.3) is 10.8 Å². The summed E-state index contributed by atoms with van der Waals surface area (Å²) in [6.45, 7) is 1.19. The van der Waals surface area contributed by atoms with E-state index in [0.29, 0.717) is 5.56 Å². The second-order valence-corrected chi connectivity index (χ2v) is 4.34. The topological polar surface area (TPSA) is 69.4 Å². The van der Waals surface area contributed by atoms with Crippen molar-refractivity contribution < 1.29 is 14.3 Å². The molecule has 2 N–H and O–H groups in total. The minimum Gasteiger partial charge on any atom is -0.464 e. The number of Topliss-reactive ketones (excluding diaryl/α,β-unsaturated/α-hetero) is 1. The molecule has 0 radical (unpaired) electrons. The van der Waals surface area contributed by atoms with E-state index in [2.05, 4.69) is 0 Å². The van der Waals surface area contributed by atoms with Gasteiger partial charge in [-0.15, -0.1) is 12.4 Å². The van der Waals surface area contributed by atoms with E-state index in [1.807, 2.05) is 30.3 Å². The first-order valence-electron chi connectivity index (χ1n) is 6.00. The first-order chi connectivity index (χ1) is 9.08. The average Bonchev–Trinajstić information content (AvgIpc) is 2.43. The molecule has 0 bridgehead atoms. The molecular weight excluding hydrogens is 278 g/mol. The van der Waals surface area contributed by atoms with Gasteiger partial charge in [-0.05, 0) is 16.8 Å². The Morgan fingerprint density at radius 3 is 2.45 bits per heavy atom. The van der Waals surface area contributed by atoms with Crippen LogP contribution in [-0.4, -0.2) is 24.4 Å². The number of esters is 1. The lowest BCUT2D eigenvalue weighted by molar-refractivity contribution is -0.141. The Labute approximate surface area is 123 Å². The Morgan fingerprint density at radius 1 is 1.15 bits per heavy atom. The molecule has 1 atom stereocenters. The predicted octanol–water partition coefficient (Wildman–Crippen LogP) is 2.33. The SMILES string of the molecule is CC(=O)OC[C@@H](N)C(=O)c1ccc2ccccc2c1.Cl. The van der Waals surface area contributed by atoms with E-state index in [1.54, 1.807) is 12.1 Å². The molecular formula is C15H16ClNO3. The molecule has 0 aliphatic heterocycles.